The number of hydrogen-bond donors (Lipinski definition) is 1. The topological polar surface area (TPSA) is 29.3 Å². The highest BCUT2D eigenvalue weighted by atomic mass is 15.1. The van der Waals surface area contributed by atoms with E-state index in [1.54, 1.807) is 0 Å². The Labute approximate surface area is 98.4 Å². The van der Waals surface area contributed by atoms with Gasteiger partial charge in [-0.25, -0.2) is 0 Å². The second kappa shape index (κ2) is 4.88. The molecule has 0 amide bonds. The fourth-order valence-electron chi connectivity index (χ4n) is 2.26. The number of nitrogens with zero attached hydrogens (tertiary/aromatic N) is 1. The molecule has 1 heterocycles. The lowest BCUT2D eigenvalue weighted by Gasteiger charge is -2.32. The first kappa shape index (κ1) is 11.5. The number of piperidine rings is 1. The Kier molecular flexibility index (Phi) is 3.49. The van der Waals surface area contributed by atoms with Gasteiger partial charge in [0.15, 0.2) is 0 Å². The normalized spacial score (nSPS) is 19.8. The molecule has 0 saturated carbocycles. The van der Waals surface area contributed by atoms with Crippen molar-refractivity contribution in [1.29, 1.82) is 0 Å². The molecule has 1 aliphatic rings. The molecule has 0 unspecified atom stereocenters. The van der Waals surface area contributed by atoms with E-state index >= 15 is 0 Å². The van der Waals surface area contributed by atoms with Crippen LogP contribution in [-0.2, 0) is 0 Å². The lowest BCUT2D eigenvalue weighted by Crippen LogP contribution is -2.32. The zero-order chi connectivity index (χ0) is 11.5. The minimum atomic E-state index is 0.135. The fourth-order valence-corrected chi connectivity index (χ4v) is 2.26. The van der Waals surface area contributed by atoms with Crippen LogP contribution in [0.25, 0.3) is 0 Å². The van der Waals surface area contributed by atoms with Crippen molar-refractivity contribution >= 4 is 5.69 Å². The van der Waals surface area contributed by atoms with Crippen LogP contribution in [0.2, 0.25) is 0 Å². The third-order valence-electron chi connectivity index (χ3n) is 3.57. The molecule has 2 N–H and O–H groups in total. The van der Waals surface area contributed by atoms with Crippen molar-refractivity contribution in [1.82, 2.24) is 0 Å². The first-order chi connectivity index (χ1) is 7.66. The minimum absolute atomic E-state index is 0.135. The van der Waals surface area contributed by atoms with E-state index in [4.69, 9.17) is 5.73 Å². The van der Waals surface area contributed by atoms with Gasteiger partial charge in [0, 0.05) is 24.8 Å². The molecule has 0 bridgehead atoms. The second-order valence-corrected chi connectivity index (χ2v) is 5.05. The Bertz CT molecular complexity index is 321. The lowest BCUT2D eigenvalue weighted by atomic mass is 9.98. The van der Waals surface area contributed by atoms with E-state index in [-0.39, 0.29) is 6.04 Å². The average Bonchev–Trinajstić information content (AvgIpc) is 2.30. The standard InChI is InChI=1S/C14H22N2/c1-11-7-9-16(10-8-11)14-5-3-13(4-6-14)12(2)15/h3-6,11-12H,7-10,15H2,1-2H3/t12-/m1/s1. The van der Waals surface area contributed by atoms with Crippen LogP contribution in [-0.4, -0.2) is 13.1 Å². The van der Waals surface area contributed by atoms with Gasteiger partial charge in [0.1, 0.15) is 0 Å². The van der Waals surface area contributed by atoms with Crippen molar-refractivity contribution in [2.24, 2.45) is 11.7 Å². The Morgan fingerprint density at radius 2 is 1.75 bits per heavy atom. The molecule has 0 spiro atoms. The maximum atomic E-state index is 5.85. The fraction of sp³-hybridized carbons (Fsp3) is 0.571. The van der Waals surface area contributed by atoms with Gasteiger partial charge in [0.05, 0.1) is 0 Å². The van der Waals surface area contributed by atoms with E-state index in [1.165, 1.54) is 37.2 Å². The largest absolute Gasteiger partial charge is 0.372 e. The molecule has 16 heavy (non-hydrogen) atoms. The summed E-state index contributed by atoms with van der Waals surface area (Å²) in [4.78, 5) is 2.48. The zero-order valence-electron chi connectivity index (χ0n) is 10.3. The van der Waals surface area contributed by atoms with Crippen molar-refractivity contribution in [2.75, 3.05) is 18.0 Å². The van der Waals surface area contributed by atoms with E-state index in [0.29, 0.717) is 0 Å². The highest BCUT2D eigenvalue weighted by Gasteiger charge is 2.15. The Morgan fingerprint density at radius 1 is 1.19 bits per heavy atom. The molecule has 2 rings (SSSR count). The number of rotatable bonds is 2. The van der Waals surface area contributed by atoms with E-state index < -0.39 is 0 Å². The first-order valence-electron chi connectivity index (χ1n) is 6.27. The van der Waals surface area contributed by atoms with E-state index in [0.717, 1.165) is 5.92 Å². The van der Waals surface area contributed by atoms with Crippen molar-refractivity contribution in [3.05, 3.63) is 29.8 Å². The van der Waals surface area contributed by atoms with Gasteiger partial charge in [0.25, 0.3) is 0 Å². The molecule has 1 aromatic carbocycles. The van der Waals surface area contributed by atoms with Gasteiger partial charge in [-0.2, -0.15) is 0 Å². The molecular formula is C14H22N2. The van der Waals surface area contributed by atoms with E-state index in [9.17, 15) is 0 Å². The molecule has 2 heteroatoms. The van der Waals surface area contributed by atoms with E-state index in [1.807, 2.05) is 6.92 Å². The predicted molar refractivity (Wildman–Crippen MR) is 69.7 cm³/mol. The molecule has 1 fully saturated rings. The van der Waals surface area contributed by atoms with Gasteiger partial charge in [-0.1, -0.05) is 19.1 Å². The highest BCUT2D eigenvalue weighted by Crippen LogP contribution is 2.24. The Hall–Kier alpha value is -1.02. The maximum absolute atomic E-state index is 5.85. The van der Waals surface area contributed by atoms with Gasteiger partial charge in [-0.3, -0.25) is 0 Å². The third-order valence-corrected chi connectivity index (χ3v) is 3.57. The summed E-state index contributed by atoms with van der Waals surface area (Å²) in [6, 6.07) is 8.84. The third kappa shape index (κ3) is 2.56. The van der Waals surface area contributed by atoms with Crippen LogP contribution in [0.4, 0.5) is 5.69 Å². The number of nitrogens with two attached hydrogens (primary N) is 1. The quantitative estimate of drug-likeness (QED) is 0.827. The molecule has 1 aromatic rings. The number of benzene rings is 1. The molecule has 0 aromatic heterocycles. The van der Waals surface area contributed by atoms with Crippen LogP contribution in [0.5, 0.6) is 0 Å². The smallest absolute Gasteiger partial charge is 0.0366 e. The first-order valence-corrected chi connectivity index (χ1v) is 6.27. The van der Waals surface area contributed by atoms with Crippen LogP contribution >= 0.6 is 0 Å². The summed E-state index contributed by atoms with van der Waals surface area (Å²) in [5.41, 5.74) is 8.41. The van der Waals surface area contributed by atoms with Crippen LogP contribution in [0.3, 0.4) is 0 Å². The summed E-state index contributed by atoms with van der Waals surface area (Å²) >= 11 is 0. The summed E-state index contributed by atoms with van der Waals surface area (Å²) in [5, 5.41) is 0. The molecule has 2 nitrogen and oxygen atoms in total. The summed E-state index contributed by atoms with van der Waals surface area (Å²) in [7, 11) is 0. The van der Waals surface area contributed by atoms with E-state index in [2.05, 4.69) is 36.1 Å². The molecule has 1 saturated heterocycles. The van der Waals surface area contributed by atoms with Crippen LogP contribution in [0, 0.1) is 5.92 Å². The summed E-state index contributed by atoms with van der Waals surface area (Å²) in [5.74, 6) is 0.889. The predicted octanol–water partition coefficient (Wildman–Crippen LogP) is 2.94. The monoisotopic (exact) mass is 218 g/mol. The van der Waals surface area contributed by atoms with Crippen molar-refractivity contribution in [3.8, 4) is 0 Å². The van der Waals surface area contributed by atoms with Gasteiger partial charge < -0.3 is 10.6 Å². The molecule has 1 aliphatic heterocycles. The summed E-state index contributed by atoms with van der Waals surface area (Å²) < 4.78 is 0. The van der Waals surface area contributed by atoms with Crippen molar-refractivity contribution in [2.45, 2.75) is 32.7 Å². The van der Waals surface area contributed by atoms with Crippen molar-refractivity contribution < 1.29 is 0 Å². The number of hydrogen-bond acceptors (Lipinski definition) is 2. The van der Waals surface area contributed by atoms with Crippen LogP contribution < -0.4 is 10.6 Å². The Balaban J connectivity index is 2.04. The lowest BCUT2D eigenvalue weighted by molar-refractivity contribution is 0.438. The van der Waals surface area contributed by atoms with Gasteiger partial charge in [-0.05, 0) is 43.4 Å². The van der Waals surface area contributed by atoms with Gasteiger partial charge in [0.2, 0.25) is 0 Å². The Morgan fingerprint density at radius 3 is 2.25 bits per heavy atom. The second-order valence-electron chi connectivity index (χ2n) is 5.05. The molecule has 0 radical (unpaired) electrons. The maximum Gasteiger partial charge on any atom is 0.0366 e. The minimum Gasteiger partial charge on any atom is -0.372 e. The average molecular weight is 218 g/mol. The SMILES string of the molecule is CC1CCN(c2ccc([C@@H](C)N)cc2)CC1. The molecular weight excluding hydrogens is 196 g/mol. The highest BCUT2D eigenvalue weighted by molar-refractivity contribution is 5.48. The zero-order valence-corrected chi connectivity index (χ0v) is 10.3. The number of anilines is 1. The van der Waals surface area contributed by atoms with Gasteiger partial charge >= 0.3 is 0 Å². The van der Waals surface area contributed by atoms with Crippen molar-refractivity contribution in [3.63, 3.8) is 0 Å². The summed E-state index contributed by atoms with van der Waals surface area (Å²) in [6.07, 6.45) is 2.63. The summed E-state index contributed by atoms with van der Waals surface area (Å²) in [6.45, 7) is 6.76. The van der Waals surface area contributed by atoms with Gasteiger partial charge in [-0.15, -0.1) is 0 Å². The van der Waals surface area contributed by atoms with Crippen LogP contribution in [0.15, 0.2) is 24.3 Å². The molecule has 0 aliphatic carbocycles. The van der Waals surface area contributed by atoms with Crippen LogP contribution in [0.1, 0.15) is 38.3 Å². The molecule has 88 valence electrons. The molecule has 1 atom stereocenters.